The Hall–Kier alpha value is 0.560. The fourth-order valence-electron chi connectivity index (χ4n) is 2.87. The maximum Gasteiger partial charge on any atom is 0.239 e. The van der Waals surface area contributed by atoms with Crippen LogP contribution in [0.3, 0.4) is 0 Å². The predicted octanol–water partition coefficient (Wildman–Crippen LogP) is 8.75. The van der Waals surface area contributed by atoms with Crippen molar-refractivity contribution in [1.29, 1.82) is 0 Å². The number of alkyl halides is 2. The maximum absolute atomic E-state index is 13.1. The van der Waals surface area contributed by atoms with Crippen LogP contribution in [-0.2, 0) is 0 Å². The summed E-state index contributed by atoms with van der Waals surface area (Å²) in [4.78, 5) is 0. The molecule has 146 valence electrons. The van der Waals surface area contributed by atoms with Crippen molar-refractivity contribution in [3.63, 3.8) is 0 Å². The van der Waals surface area contributed by atoms with Gasteiger partial charge in [0.15, 0.2) is 0 Å². The Morgan fingerprint density at radius 3 is 1.67 bits per heavy atom. The fraction of sp³-hybridized carbons (Fsp3) is 1.00. The van der Waals surface area contributed by atoms with Crippen LogP contribution in [0.2, 0.25) is 0 Å². The number of hydrogen-bond acceptors (Lipinski definition) is 2. The first-order chi connectivity index (χ1) is 11.3. The van der Waals surface area contributed by atoms with Gasteiger partial charge in [0.05, 0.1) is 0 Å². The average molecular weight is 383 g/mol. The lowest BCUT2D eigenvalue weighted by molar-refractivity contribution is 0.128. The minimum absolute atomic E-state index is 0.0555. The molecule has 24 heavy (non-hydrogen) atoms. The summed E-state index contributed by atoms with van der Waals surface area (Å²) in [5, 5.41) is 0.0949. The van der Waals surface area contributed by atoms with Crippen molar-refractivity contribution < 1.29 is 8.78 Å². The van der Waals surface area contributed by atoms with E-state index in [2.05, 4.69) is 34.6 Å². The van der Waals surface area contributed by atoms with E-state index < -0.39 is 6.43 Å². The molecule has 0 fully saturated rings. The lowest BCUT2D eigenvalue weighted by Gasteiger charge is -2.29. The monoisotopic (exact) mass is 382 g/mol. The maximum atomic E-state index is 13.1. The Bertz CT molecular complexity index is 265. The number of hydrogen-bond donors (Lipinski definition) is 0. The average Bonchev–Trinajstić information content (AvgIpc) is 2.49. The molecule has 0 N–H and O–H groups in total. The van der Waals surface area contributed by atoms with E-state index in [0.717, 1.165) is 12.8 Å². The second-order valence-electron chi connectivity index (χ2n) is 7.92. The van der Waals surface area contributed by atoms with Crippen LogP contribution >= 0.6 is 21.6 Å². The second-order valence-corrected chi connectivity index (χ2v) is 11.2. The van der Waals surface area contributed by atoms with Gasteiger partial charge in [-0.2, -0.15) is 0 Å². The Kier molecular flexibility index (Phi) is 15.0. The molecular weight excluding hydrogens is 342 g/mol. The van der Waals surface area contributed by atoms with Crippen molar-refractivity contribution in [1.82, 2.24) is 0 Å². The smallest absolute Gasteiger partial charge is 0.210 e. The van der Waals surface area contributed by atoms with Gasteiger partial charge in [0, 0.05) is 16.4 Å². The molecule has 4 heteroatoms. The Morgan fingerprint density at radius 2 is 1.29 bits per heavy atom. The SMILES string of the molecule is CCCCCCC(CCCCCC)[C@H](CC(F)F)SSC(C)(C)C. The van der Waals surface area contributed by atoms with Crippen molar-refractivity contribution in [3.8, 4) is 0 Å². The van der Waals surface area contributed by atoms with Gasteiger partial charge in [0.25, 0.3) is 0 Å². The number of halogens is 2. The largest absolute Gasteiger partial charge is 0.239 e. The van der Waals surface area contributed by atoms with Crippen LogP contribution in [0.25, 0.3) is 0 Å². The lowest BCUT2D eigenvalue weighted by atomic mass is 9.90. The third-order valence-corrected chi connectivity index (χ3v) is 8.17. The predicted molar refractivity (Wildman–Crippen MR) is 110 cm³/mol. The highest BCUT2D eigenvalue weighted by Gasteiger charge is 2.27. The van der Waals surface area contributed by atoms with Crippen LogP contribution in [0.15, 0.2) is 0 Å². The molecular formula is C20H40F2S2. The van der Waals surface area contributed by atoms with Crippen LogP contribution in [0.1, 0.15) is 105 Å². The van der Waals surface area contributed by atoms with Crippen LogP contribution < -0.4 is 0 Å². The molecule has 0 unspecified atom stereocenters. The minimum Gasteiger partial charge on any atom is -0.210 e. The lowest BCUT2D eigenvalue weighted by Crippen LogP contribution is -2.21. The minimum atomic E-state index is -2.18. The first-order valence-electron chi connectivity index (χ1n) is 9.92. The molecule has 1 atom stereocenters. The highest BCUT2D eigenvalue weighted by molar-refractivity contribution is 8.77. The van der Waals surface area contributed by atoms with Crippen LogP contribution in [-0.4, -0.2) is 16.4 Å². The normalized spacial score (nSPS) is 13.9. The topological polar surface area (TPSA) is 0 Å². The summed E-state index contributed by atoms with van der Waals surface area (Å²) in [5.74, 6) is 0.451. The summed E-state index contributed by atoms with van der Waals surface area (Å²) in [6.45, 7) is 10.9. The van der Waals surface area contributed by atoms with E-state index in [1.807, 2.05) is 0 Å². The zero-order valence-corrected chi connectivity index (χ0v) is 18.2. The van der Waals surface area contributed by atoms with Gasteiger partial charge in [0.1, 0.15) is 0 Å². The molecule has 0 heterocycles. The summed E-state index contributed by atoms with van der Waals surface area (Å²) in [7, 11) is 3.51. The molecule has 0 spiro atoms. The molecule has 0 aromatic heterocycles. The first kappa shape index (κ1) is 24.6. The van der Waals surface area contributed by atoms with E-state index in [4.69, 9.17) is 0 Å². The zero-order chi connectivity index (χ0) is 18.4. The van der Waals surface area contributed by atoms with Crippen molar-refractivity contribution >= 4 is 21.6 Å². The van der Waals surface area contributed by atoms with Crippen LogP contribution in [0, 0.1) is 5.92 Å². The molecule has 0 aromatic carbocycles. The van der Waals surface area contributed by atoms with Crippen molar-refractivity contribution in [3.05, 3.63) is 0 Å². The third-order valence-electron chi connectivity index (χ3n) is 4.21. The van der Waals surface area contributed by atoms with E-state index in [0.29, 0.717) is 5.92 Å². The van der Waals surface area contributed by atoms with E-state index in [-0.39, 0.29) is 16.4 Å². The highest BCUT2D eigenvalue weighted by Crippen LogP contribution is 2.44. The molecule has 0 amide bonds. The standard InChI is InChI=1S/C20H40F2S2/c1-6-8-10-12-14-17(15-13-11-9-7-2)18(16-19(21)22)23-24-20(3,4)5/h17-19H,6-16H2,1-5H3/t18-/m0/s1. The van der Waals surface area contributed by atoms with Crippen LogP contribution in [0.5, 0.6) is 0 Å². The third kappa shape index (κ3) is 14.9. The van der Waals surface area contributed by atoms with Crippen molar-refractivity contribution in [2.45, 2.75) is 122 Å². The van der Waals surface area contributed by atoms with Gasteiger partial charge in [-0.1, -0.05) is 108 Å². The van der Waals surface area contributed by atoms with Gasteiger partial charge in [0.2, 0.25) is 6.43 Å². The molecule has 0 aromatic rings. The molecule has 0 nitrogen and oxygen atoms in total. The van der Waals surface area contributed by atoms with Gasteiger partial charge in [-0.05, 0) is 18.8 Å². The van der Waals surface area contributed by atoms with Gasteiger partial charge >= 0.3 is 0 Å². The van der Waals surface area contributed by atoms with E-state index >= 15 is 0 Å². The summed E-state index contributed by atoms with van der Waals surface area (Å²) < 4.78 is 26.4. The molecule has 0 aliphatic heterocycles. The zero-order valence-electron chi connectivity index (χ0n) is 16.6. The number of rotatable bonds is 15. The molecule has 0 saturated carbocycles. The van der Waals surface area contributed by atoms with Crippen molar-refractivity contribution in [2.75, 3.05) is 0 Å². The van der Waals surface area contributed by atoms with Gasteiger partial charge < -0.3 is 0 Å². The summed E-state index contributed by atoms with van der Waals surface area (Å²) >= 11 is 0. The summed E-state index contributed by atoms with van der Waals surface area (Å²) in [6, 6.07) is 0. The summed E-state index contributed by atoms with van der Waals surface area (Å²) in [6.07, 6.45) is 10.0. The molecule has 0 bridgehead atoms. The Labute approximate surface area is 158 Å². The molecule has 0 aliphatic carbocycles. The molecule has 0 rings (SSSR count). The second kappa shape index (κ2) is 14.7. The number of unbranched alkanes of at least 4 members (excludes halogenated alkanes) is 6. The van der Waals surface area contributed by atoms with E-state index in [1.165, 1.54) is 51.4 Å². The van der Waals surface area contributed by atoms with Crippen LogP contribution in [0.4, 0.5) is 8.78 Å². The van der Waals surface area contributed by atoms with Gasteiger partial charge in [-0.3, -0.25) is 0 Å². The Morgan fingerprint density at radius 1 is 0.792 bits per heavy atom. The first-order valence-corrected chi connectivity index (χ1v) is 12.1. The molecule has 0 radical (unpaired) electrons. The van der Waals surface area contributed by atoms with Crippen molar-refractivity contribution in [2.24, 2.45) is 5.92 Å². The molecule has 0 saturated heterocycles. The van der Waals surface area contributed by atoms with Gasteiger partial charge in [-0.15, -0.1) is 0 Å². The quantitative estimate of drug-likeness (QED) is 0.205. The Balaban J connectivity index is 4.66. The van der Waals surface area contributed by atoms with E-state index in [1.54, 1.807) is 21.6 Å². The summed E-state index contributed by atoms with van der Waals surface area (Å²) in [5.41, 5.74) is 0. The van der Waals surface area contributed by atoms with Gasteiger partial charge in [-0.25, -0.2) is 8.78 Å². The highest BCUT2D eigenvalue weighted by atomic mass is 33.1. The molecule has 0 aliphatic rings. The van der Waals surface area contributed by atoms with E-state index in [9.17, 15) is 8.78 Å². The fourth-order valence-corrected chi connectivity index (χ4v) is 5.88.